The first-order valence-electron chi connectivity index (χ1n) is 3.56. The highest BCUT2D eigenvalue weighted by Crippen LogP contribution is 2.04. The van der Waals surface area contributed by atoms with Gasteiger partial charge in [-0.1, -0.05) is 0 Å². The molecule has 0 aliphatic carbocycles. The molecule has 5 heteroatoms. The Morgan fingerprint density at radius 2 is 2.45 bits per heavy atom. The van der Waals surface area contributed by atoms with Crippen LogP contribution in [0.4, 0.5) is 4.79 Å². The highest BCUT2D eigenvalue weighted by molar-refractivity contribution is 5.64. The van der Waals surface area contributed by atoms with Crippen molar-refractivity contribution in [3.63, 3.8) is 0 Å². The Hall–Kier alpha value is -0.810. The van der Waals surface area contributed by atoms with Gasteiger partial charge in [-0.05, 0) is 6.42 Å². The largest absolute Gasteiger partial charge is 0.465 e. The van der Waals surface area contributed by atoms with Crippen LogP contribution in [0.25, 0.3) is 0 Å². The van der Waals surface area contributed by atoms with Crippen LogP contribution in [-0.2, 0) is 0 Å². The number of carboxylic acid groups (broad SMARTS) is 1. The maximum Gasteiger partial charge on any atom is 0.404 e. The van der Waals surface area contributed by atoms with Crippen molar-refractivity contribution in [1.29, 1.82) is 0 Å². The molecule has 2 atom stereocenters. The summed E-state index contributed by atoms with van der Waals surface area (Å²) in [5, 5.41) is 22.3. The highest BCUT2D eigenvalue weighted by Gasteiger charge is 2.23. The Balaban J connectivity index is 2.24. The minimum Gasteiger partial charge on any atom is -0.465 e. The number of aliphatic hydroxyl groups is 1. The SMILES string of the molecule is O=C(O)NC1CNC(CO)C1. The molecule has 1 aliphatic rings. The number of carbonyl (C=O) groups is 1. The zero-order chi connectivity index (χ0) is 8.27. The van der Waals surface area contributed by atoms with Crippen LogP contribution in [0, 0.1) is 0 Å². The standard InChI is InChI=1S/C6H12N2O3/c9-3-5-1-4(2-7-5)8-6(10)11/h4-5,7-9H,1-3H2,(H,10,11). The van der Waals surface area contributed by atoms with Gasteiger partial charge in [0.25, 0.3) is 0 Å². The number of aliphatic hydroxyl groups excluding tert-OH is 1. The average Bonchev–Trinajstić information content (AvgIpc) is 2.34. The van der Waals surface area contributed by atoms with Crippen LogP contribution in [0.5, 0.6) is 0 Å². The van der Waals surface area contributed by atoms with Crippen molar-refractivity contribution in [2.75, 3.05) is 13.2 Å². The minimum absolute atomic E-state index is 0.0480. The molecule has 1 aliphatic heterocycles. The van der Waals surface area contributed by atoms with Gasteiger partial charge >= 0.3 is 6.09 Å². The second kappa shape index (κ2) is 3.54. The third-order valence-electron chi connectivity index (χ3n) is 1.77. The normalized spacial score (nSPS) is 30.3. The number of amides is 1. The highest BCUT2D eigenvalue weighted by atomic mass is 16.4. The van der Waals surface area contributed by atoms with Gasteiger partial charge in [0.15, 0.2) is 0 Å². The van der Waals surface area contributed by atoms with E-state index in [0.717, 1.165) is 0 Å². The second-order valence-corrected chi connectivity index (χ2v) is 2.67. The van der Waals surface area contributed by atoms with Gasteiger partial charge in [0.2, 0.25) is 0 Å². The lowest BCUT2D eigenvalue weighted by atomic mass is 10.2. The summed E-state index contributed by atoms with van der Waals surface area (Å²) in [6, 6.07) is -0.00324. The first-order valence-corrected chi connectivity index (χ1v) is 3.56. The van der Waals surface area contributed by atoms with E-state index in [1.165, 1.54) is 0 Å². The lowest BCUT2D eigenvalue weighted by molar-refractivity contribution is 0.190. The van der Waals surface area contributed by atoms with Crippen LogP contribution < -0.4 is 10.6 Å². The molecule has 11 heavy (non-hydrogen) atoms. The fourth-order valence-electron chi connectivity index (χ4n) is 1.24. The van der Waals surface area contributed by atoms with Crippen molar-refractivity contribution in [3.05, 3.63) is 0 Å². The lowest BCUT2D eigenvalue weighted by Gasteiger charge is -2.07. The Bertz CT molecular complexity index is 151. The summed E-state index contributed by atoms with van der Waals surface area (Å²) in [4.78, 5) is 10.1. The van der Waals surface area contributed by atoms with Crippen molar-refractivity contribution in [3.8, 4) is 0 Å². The number of hydrogen-bond acceptors (Lipinski definition) is 3. The predicted molar refractivity (Wildman–Crippen MR) is 38.4 cm³/mol. The molecule has 2 unspecified atom stereocenters. The van der Waals surface area contributed by atoms with Crippen LogP contribution >= 0.6 is 0 Å². The zero-order valence-corrected chi connectivity index (χ0v) is 6.08. The smallest absolute Gasteiger partial charge is 0.404 e. The van der Waals surface area contributed by atoms with Crippen molar-refractivity contribution in [1.82, 2.24) is 10.6 Å². The summed E-state index contributed by atoms with van der Waals surface area (Å²) in [6.07, 6.45) is -0.335. The van der Waals surface area contributed by atoms with Gasteiger partial charge in [-0.15, -0.1) is 0 Å². The molecule has 1 rings (SSSR count). The monoisotopic (exact) mass is 160 g/mol. The molecule has 1 fully saturated rings. The van der Waals surface area contributed by atoms with Crippen molar-refractivity contribution < 1.29 is 15.0 Å². The molecular weight excluding hydrogens is 148 g/mol. The van der Waals surface area contributed by atoms with E-state index in [4.69, 9.17) is 10.2 Å². The van der Waals surface area contributed by atoms with E-state index in [9.17, 15) is 4.79 Å². The molecule has 1 amide bonds. The van der Waals surface area contributed by atoms with Crippen molar-refractivity contribution in [2.45, 2.75) is 18.5 Å². The predicted octanol–water partition coefficient (Wildman–Crippen LogP) is -1.02. The molecule has 5 nitrogen and oxygen atoms in total. The van der Waals surface area contributed by atoms with Gasteiger partial charge < -0.3 is 20.8 Å². The molecule has 1 heterocycles. The molecule has 4 N–H and O–H groups in total. The van der Waals surface area contributed by atoms with Gasteiger partial charge in [0.1, 0.15) is 0 Å². The van der Waals surface area contributed by atoms with Gasteiger partial charge in [-0.3, -0.25) is 0 Å². The number of rotatable bonds is 2. The fraction of sp³-hybridized carbons (Fsp3) is 0.833. The molecule has 0 bridgehead atoms. The van der Waals surface area contributed by atoms with Gasteiger partial charge in [-0.2, -0.15) is 0 Å². The van der Waals surface area contributed by atoms with Gasteiger partial charge in [-0.25, -0.2) is 4.79 Å². The minimum atomic E-state index is -1.00. The number of nitrogens with one attached hydrogen (secondary N) is 2. The third kappa shape index (κ3) is 2.36. The van der Waals surface area contributed by atoms with Crippen molar-refractivity contribution >= 4 is 6.09 Å². The Morgan fingerprint density at radius 1 is 1.73 bits per heavy atom. The molecule has 0 saturated carbocycles. The molecule has 0 aromatic heterocycles. The first kappa shape index (κ1) is 8.29. The van der Waals surface area contributed by atoms with Gasteiger partial charge in [0.05, 0.1) is 6.61 Å². The first-order chi connectivity index (χ1) is 5.22. The summed E-state index contributed by atoms with van der Waals surface area (Å²) in [7, 11) is 0. The van der Waals surface area contributed by atoms with Crippen LogP contribution in [-0.4, -0.2) is 41.5 Å². The lowest BCUT2D eigenvalue weighted by Crippen LogP contribution is -2.34. The van der Waals surface area contributed by atoms with E-state index < -0.39 is 6.09 Å². The average molecular weight is 160 g/mol. The molecule has 1 saturated heterocycles. The Labute approximate surface area is 64.4 Å². The van der Waals surface area contributed by atoms with E-state index in [1.54, 1.807) is 0 Å². The Morgan fingerprint density at radius 3 is 2.91 bits per heavy atom. The molecule has 0 aromatic carbocycles. The maximum absolute atomic E-state index is 10.1. The van der Waals surface area contributed by atoms with Crippen LogP contribution in [0.1, 0.15) is 6.42 Å². The third-order valence-corrected chi connectivity index (χ3v) is 1.77. The second-order valence-electron chi connectivity index (χ2n) is 2.67. The van der Waals surface area contributed by atoms with Crippen LogP contribution in [0.2, 0.25) is 0 Å². The zero-order valence-electron chi connectivity index (χ0n) is 6.08. The summed E-state index contributed by atoms with van der Waals surface area (Å²) in [5.74, 6) is 0. The maximum atomic E-state index is 10.1. The molecule has 0 aromatic rings. The molecule has 0 radical (unpaired) electrons. The number of hydrogen-bond donors (Lipinski definition) is 4. The van der Waals surface area contributed by atoms with Crippen LogP contribution in [0.3, 0.4) is 0 Å². The van der Waals surface area contributed by atoms with E-state index in [2.05, 4.69) is 10.6 Å². The van der Waals surface area contributed by atoms with Gasteiger partial charge in [0, 0.05) is 18.6 Å². The molecular formula is C6H12N2O3. The molecule has 64 valence electrons. The summed E-state index contributed by atoms with van der Waals surface area (Å²) < 4.78 is 0. The van der Waals surface area contributed by atoms with E-state index in [1.807, 2.05) is 0 Å². The summed E-state index contributed by atoms with van der Waals surface area (Å²) in [5.41, 5.74) is 0. The summed E-state index contributed by atoms with van der Waals surface area (Å²) in [6.45, 7) is 0.676. The van der Waals surface area contributed by atoms with E-state index in [-0.39, 0.29) is 18.7 Å². The quantitative estimate of drug-likeness (QED) is 0.416. The van der Waals surface area contributed by atoms with E-state index in [0.29, 0.717) is 13.0 Å². The fourth-order valence-corrected chi connectivity index (χ4v) is 1.24. The summed E-state index contributed by atoms with van der Waals surface area (Å²) >= 11 is 0. The van der Waals surface area contributed by atoms with Crippen LogP contribution in [0.15, 0.2) is 0 Å². The topological polar surface area (TPSA) is 81.6 Å². The molecule has 0 spiro atoms. The Kier molecular flexibility index (Phi) is 2.67. The van der Waals surface area contributed by atoms with Crippen molar-refractivity contribution in [2.24, 2.45) is 0 Å². The van der Waals surface area contributed by atoms with E-state index >= 15 is 0 Å².